The Morgan fingerprint density at radius 3 is 2.36 bits per heavy atom. The standard InChI is InChI=1S/C21H25NO6/c1-5-25-17-13-18(19(26-6-2)16-10-8-7-9-15(16)17)28-21(24)22-11-12-27-20(23)14(3)4/h7-10,13H,3,5-6,11-12H2,1-2,4H3,(H,22,24). The third-order valence-electron chi connectivity index (χ3n) is 3.67. The van der Waals surface area contributed by atoms with Gasteiger partial charge in [0.2, 0.25) is 0 Å². The first-order chi connectivity index (χ1) is 13.5. The van der Waals surface area contributed by atoms with Gasteiger partial charge in [-0.3, -0.25) is 0 Å². The van der Waals surface area contributed by atoms with E-state index in [4.69, 9.17) is 18.9 Å². The molecule has 0 saturated carbocycles. The van der Waals surface area contributed by atoms with Crippen LogP contribution in [0.4, 0.5) is 4.79 Å². The highest BCUT2D eigenvalue weighted by Crippen LogP contribution is 2.41. The van der Waals surface area contributed by atoms with Crippen LogP contribution in [-0.4, -0.2) is 38.4 Å². The van der Waals surface area contributed by atoms with E-state index in [-0.39, 0.29) is 18.9 Å². The second kappa shape index (κ2) is 10.2. The van der Waals surface area contributed by atoms with Gasteiger partial charge in [0.25, 0.3) is 0 Å². The number of ether oxygens (including phenoxy) is 4. The third-order valence-corrected chi connectivity index (χ3v) is 3.67. The molecule has 0 aliphatic rings. The van der Waals surface area contributed by atoms with Crippen molar-refractivity contribution in [3.8, 4) is 17.2 Å². The van der Waals surface area contributed by atoms with Gasteiger partial charge in [0, 0.05) is 22.4 Å². The quantitative estimate of drug-likeness (QED) is 0.400. The number of amides is 1. The smallest absolute Gasteiger partial charge is 0.412 e. The predicted octanol–water partition coefficient (Wildman–Crippen LogP) is 3.84. The van der Waals surface area contributed by atoms with Crippen molar-refractivity contribution in [1.29, 1.82) is 0 Å². The molecule has 28 heavy (non-hydrogen) atoms. The summed E-state index contributed by atoms with van der Waals surface area (Å²) in [7, 11) is 0. The summed E-state index contributed by atoms with van der Waals surface area (Å²) in [5, 5.41) is 4.18. The Kier molecular flexibility index (Phi) is 7.68. The van der Waals surface area contributed by atoms with E-state index in [9.17, 15) is 9.59 Å². The molecule has 0 radical (unpaired) electrons. The molecule has 1 N–H and O–H groups in total. The first kappa shape index (κ1) is 21.1. The van der Waals surface area contributed by atoms with Crippen molar-refractivity contribution >= 4 is 22.8 Å². The number of nitrogens with one attached hydrogen (secondary N) is 1. The van der Waals surface area contributed by atoms with Crippen molar-refractivity contribution in [2.24, 2.45) is 0 Å². The Labute approximate surface area is 164 Å². The summed E-state index contributed by atoms with van der Waals surface area (Å²) in [4.78, 5) is 23.5. The van der Waals surface area contributed by atoms with Crippen LogP contribution in [0.3, 0.4) is 0 Å². The van der Waals surface area contributed by atoms with Crippen LogP contribution in [0, 0.1) is 0 Å². The van der Waals surface area contributed by atoms with Crippen molar-refractivity contribution in [1.82, 2.24) is 5.32 Å². The lowest BCUT2D eigenvalue weighted by molar-refractivity contribution is -0.138. The largest absolute Gasteiger partial charge is 0.493 e. The first-order valence-corrected chi connectivity index (χ1v) is 9.07. The Morgan fingerprint density at radius 2 is 1.71 bits per heavy atom. The van der Waals surface area contributed by atoms with Gasteiger partial charge in [-0.2, -0.15) is 0 Å². The summed E-state index contributed by atoms with van der Waals surface area (Å²) < 4.78 is 21.8. The van der Waals surface area contributed by atoms with Gasteiger partial charge in [0.1, 0.15) is 12.4 Å². The molecule has 2 aromatic rings. The monoisotopic (exact) mass is 387 g/mol. The van der Waals surface area contributed by atoms with E-state index in [0.29, 0.717) is 30.3 Å². The molecular formula is C21H25NO6. The van der Waals surface area contributed by atoms with E-state index in [1.165, 1.54) is 0 Å². The molecule has 0 spiro atoms. The van der Waals surface area contributed by atoms with Crippen molar-refractivity contribution < 1.29 is 28.5 Å². The Hall–Kier alpha value is -3.22. The molecule has 2 aromatic carbocycles. The van der Waals surface area contributed by atoms with Crippen LogP contribution in [0.1, 0.15) is 20.8 Å². The minimum absolute atomic E-state index is 0.0149. The van der Waals surface area contributed by atoms with Gasteiger partial charge in [-0.1, -0.05) is 30.8 Å². The highest BCUT2D eigenvalue weighted by Gasteiger charge is 2.18. The Balaban J connectivity index is 2.16. The highest BCUT2D eigenvalue weighted by atomic mass is 16.6. The summed E-state index contributed by atoms with van der Waals surface area (Å²) in [6.45, 7) is 9.77. The van der Waals surface area contributed by atoms with Gasteiger partial charge in [0.05, 0.1) is 19.8 Å². The SMILES string of the molecule is C=C(C)C(=O)OCCNC(=O)Oc1cc(OCC)c2ccccc2c1OCC. The molecule has 0 saturated heterocycles. The van der Waals surface area contributed by atoms with Crippen LogP contribution < -0.4 is 19.5 Å². The summed E-state index contributed by atoms with van der Waals surface area (Å²) in [6.07, 6.45) is -0.690. The number of rotatable bonds is 9. The number of carbonyl (C=O) groups is 2. The zero-order valence-corrected chi connectivity index (χ0v) is 16.4. The molecule has 1 amide bonds. The van der Waals surface area contributed by atoms with Gasteiger partial charge in [-0.15, -0.1) is 0 Å². The lowest BCUT2D eigenvalue weighted by atomic mass is 10.1. The van der Waals surface area contributed by atoms with E-state index in [1.807, 2.05) is 38.1 Å². The van der Waals surface area contributed by atoms with E-state index in [2.05, 4.69) is 11.9 Å². The molecule has 7 nitrogen and oxygen atoms in total. The van der Waals surface area contributed by atoms with Crippen LogP contribution in [0.25, 0.3) is 10.8 Å². The number of carbonyl (C=O) groups excluding carboxylic acids is 2. The maximum atomic E-state index is 12.2. The Morgan fingerprint density at radius 1 is 1.04 bits per heavy atom. The molecular weight excluding hydrogens is 362 g/mol. The van der Waals surface area contributed by atoms with Crippen molar-refractivity contribution in [2.75, 3.05) is 26.4 Å². The number of hydrogen-bond donors (Lipinski definition) is 1. The molecule has 0 aromatic heterocycles. The summed E-state index contributed by atoms with van der Waals surface area (Å²) in [5.74, 6) is 0.801. The molecule has 0 aliphatic heterocycles. The normalized spacial score (nSPS) is 10.2. The molecule has 2 rings (SSSR count). The predicted molar refractivity (Wildman–Crippen MR) is 106 cm³/mol. The number of hydrogen-bond acceptors (Lipinski definition) is 6. The number of esters is 1. The fraction of sp³-hybridized carbons (Fsp3) is 0.333. The summed E-state index contributed by atoms with van der Waals surface area (Å²) in [6, 6.07) is 9.21. The van der Waals surface area contributed by atoms with Crippen LogP contribution in [0.15, 0.2) is 42.5 Å². The second-order valence-corrected chi connectivity index (χ2v) is 5.85. The van der Waals surface area contributed by atoms with E-state index < -0.39 is 12.1 Å². The highest BCUT2D eigenvalue weighted by molar-refractivity contribution is 5.96. The van der Waals surface area contributed by atoms with Crippen molar-refractivity contribution in [2.45, 2.75) is 20.8 Å². The molecule has 0 fully saturated rings. The lowest BCUT2D eigenvalue weighted by Gasteiger charge is -2.16. The summed E-state index contributed by atoms with van der Waals surface area (Å²) in [5.41, 5.74) is 0.295. The van der Waals surface area contributed by atoms with E-state index in [0.717, 1.165) is 10.8 Å². The molecule has 150 valence electrons. The zero-order valence-electron chi connectivity index (χ0n) is 16.4. The molecule has 0 aliphatic carbocycles. The number of fused-ring (bicyclic) bond motifs is 1. The van der Waals surface area contributed by atoms with E-state index >= 15 is 0 Å². The minimum Gasteiger partial charge on any atom is -0.493 e. The van der Waals surface area contributed by atoms with Gasteiger partial charge in [-0.25, -0.2) is 9.59 Å². The molecule has 0 bridgehead atoms. The van der Waals surface area contributed by atoms with Gasteiger partial charge < -0.3 is 24.3 Å². The van der Waals surface area contributed by atoms with Gasteiger partial charge in [0.15, 0.2) is 11.5 Å². The van der Waals surface area contributed by atoms with Gasteiger partial charge >= 0.3 is 12.1 Å². The van der Waals surface area contributed by atoms with Crippen LogP contribution >= 0.6 is 0 Å². The van der Waals surface area contributed by atoms with Crippen molar-refractivity contribution in [3.05, 3.63) is 42.5 Å². The van der Waals surface area contributed by atoms with Gasteiger partial charge in [-0.05, 0) is 20.8 Å². The van der Waals surface area contributed by atoms with Crippen molar-refractivity contribution in [3.63, 3.8) is 0 Å². The average molecular weight is 387 g/mol. The fourth-order valence-corrected chi connectivity index (χ4v) is 2.49. The topological polar surface area (TPSA) is 83.1 Å². The Bertz CT molecular complexity index is 861. The van der Waals surface area contributed by atoms with Crippen LogP contribution in [0.5, 0.6) is 17.2 Å². The maximum absolute atomic E-state index is 12.2. The molecule has 0 atom stereocenters. The van der Waals surface area contributed by atoms with Crippen LogP contribution in [-0.2, 0) is 9.53 Å². The number of benzene rings is 2. The molecule has 0 unspecified atom stereocenters. The first-order valence-electron chi connectivity index (χ1n) is 9.07. The second-order valence-electron chi connectivity index (χ2n) is 5.85. The maximum Gasteiger partial charge on any atom is 0.412 e. The third kappa shape index (κ3) is 5.39. The molecule has 7 heteroatoms. The van der Waals surface area contributed by atoms with Crippen LogP contribution in [0.2, 0.25) is 0 Å². The minimum atomic E-state index is -0.690. The van der Waals surface area contributed by atoms with E-state index in [1.54, 1.807) is 13.0 Å². The fourth-order valence-electron chi connectivity index (χ4n) is 2.49. The summed E-state index contributed by atoms with van der Waals surface area (Å²) >= 11 is 0. The lowest BCUT2D eigenvalue weighted by Crippen LogP contribution is -2.30. The molecule has 0 heterocycles. The average Bonchev–Trinajstić information content (AvgIpc) is 2.68. The zero-order chi connectivity index (χ0) is 20.5.